The van der Waals surface area contributed by atoms with Gasteiger partial charge in [0.25, 0.3) is 10.0 Å². The molecular formula is C30H34N2O7S. The minimum absolute atomic E-state index is 0.00424. The lowest BCUT2D eigenvalue weighted by Gasteiger charge is -2.22. The van der Waals surface area contributed by atoms with E-state index in [0.29, 0.717) is 29.7 Å². The topological polar surface area (TPSA) is 150 Å². The molecule has 0 aliphatic carbocycles. The number of nitrogens with one attached hydrogen (secondary N) is 2. The van der Waals surface area contributed by atoms with E-state index in [1.54, 1.807) is 66.7 Å². The van der Waals surface area contributed by atoms with Gasteiger partial charge >= 0.3 is 11.9 Å². The van der Waals surface area contributed by atoms with Crippen LogP contribution in [-0.4, -0.2) is 42.5 Å². The number of benzene rings is 3. The minimum atomic E-state index is -3.77. The first-order valence-corrected chi connectivity index (χ1v) is 14.4. The summed E-state index contributed by atoms with van der Waals surface area (Å²) in [5.41, 5.74) is 2.50. The molecule has 4 N–H and O–H groups in total. The lowest BCUT2D eigenvalue weighted by Crippen LogP contribution is -2.44. The molecule has 1 unspecified atom stereocenters. The third-order valence-electron chi connectivity index (χ3n) is 6.35. The van der Waals surface area contributed by atoms with E-state index >= 15 is 0 Å². The van der Waals surface area contributed by atoms with Crippen LogP contribution in [0.3, 0.4) is 0 Å². The van der Waals surface area contributed by atoms with Crippen molar-refractivity contribution in [2.75, 3.05) is 4.72 Å². The zero-order valence-corrected chi connectivity index (χ0v) is 23.2. The van der Waals surface area contributed by atoms with Gasteiger partial charge in [-0.05, 0) is 59.7 Å². The van der Waals surface area contributed by atoms with Crippen LogP contribution in [0.2, 0.25) is 0 Å². The number of carboxylic acid groups (broad SMARTS) is 2. The number of hydrogen-bond acceptors (Lipinski definition) is 5. The van der Waals surface area contributed by atoms with Gasteiger partial charge in [0.1, 0.15) is 6.04 Å². The monoisotopic (exact) mass is 566 g/mol. The van der Waals surface area contributed by atoms with Gasteiger partial charge in [-0.15, -0.1) is 0 Å². The largest absolute Gasteiger partial charge is 0.481 e. The lowest BCUT2D eigenvalue weighted by atomic mass is 9.89. The first-order chi connectivity index (χ1) is 18.9. The van der Waals surface area contributed by atoms with Gasteiger partial charge in [0.2, 0.25) is 5.91 Å². The third-order valence-corrected chi connectivity index (χ3v) is 7.74. The molecule has 3 aromatic carbocycles. The van der Waals surface area contributed by atoms with E-state index in [2.05, 4.69) is 10.0 Å². The molecule has 0 fully saturated rings. The highest BCUT2D eigenvalue weighted by Gasteiger charge is 2.27. The second-order valence-electron chi connectivity index (χ2n) is 10.0. The molecule has 0 saturated heterocycles. The van der Waals surface area contributed by atoms with E-state index in [-0.39, 0.29) is 23.7 Å². The molecular weight excluding hydrogens is 532 g/mol. The molecule has 10 heteroatoms. The van der Waals surface area contributed by atoms with Gasteiger partial charge in [-0.1, -0.05) is 68.4 Å². The van der Waals surface area contributed by atoms with Crippen LogP contribution in [0.15, 0.2) is 83.8 Å². The summed E-state index contributed by atoms with van der Waals surface area (Å²) >= 11 is 0. The van der Waals surface area contributed by atoms with Crippen LogP contribution in [-0.2, 0) is 37.2 Å². The van der Waals surface area contributed by atoms with Crippen LogP contribution in [0.4, 0.5) is 5.69 Å². The second-order valence-corrected chi connectivity index (χ2v) is 11.7. The van der Waals surface area contributed by atoms with Gasteiger partial charge in [0, 0.05) is 18.5 Å². The molecule has 0 saturated carbocycles. The summed E-state index contributed by atoms with van der Waals surface area (Å²) in [5.74, 6) is -3.00. The van der Waals surface area contributed by atoms with Crippen molar-refractivity contribution in [1.29, 1.82) is 0 Å². The fourth-order valence-corrected chi connectivity index (χ4v) is 5.34. The molecule has 9 nitrogen and oxygen atoms in total. The number of carbonyl (C=O) groups excluding carboxylic acids is 1. The minimum Gasteiger partial charge on any atom is -0.481 e. The Morgan fingerprint density at radius 2 is 1.43 bits per heavy atom. The number of anilines is 1. The highest BCUT2D eigenvalue weighted by Crippen LogP contribution is 2.27. The molecule has 0 heterocycles. The Morgan fingerprint density at radius 3 is 1.98 bits per heavy atom. The van der Waals surface area contributed by atoms with Crippen LogP contribution >= 0.6 is 0 Å². The van der Waals surface area contributed by atoms with Crippen LogP contribution in [0.25, 0.3) is 0 Å². The SMILES string of the molecule is CC(C)C[C@H](C(=O)NC(Cc1ccc(CCC(=O)O)cc1)C(=O)O)c1ccc(NS(=O)(=O)c2ccccc2)cc1. The van der Waals surface area contributed by atoms with Gasteiger partial charge in [0.05, 0.1) is 10.8 Å². The smallest absolute Gasteiger partial charge is 0.326 e. The zero-order chi connectivity index (χ0) is 29.3. The van der Waals surface area contributed by atoms with Crippen LogP contribution in [0.1, 0.15) is 49.3 Å². The molecule has 2 atom stereocenters. The van der Waals surface area contributed by atoms with E-state index < -0.39 is 39.8 Å². The number of sulfonamides is 1. The van der Waals surface area contributed by atoms with Crippen molar-refractivity contribution in [2.24, 2.45) is 5.92 Å². The maximum atomic E-state index is 13.3. The average Bonchev–Trinajstić information content (AvgIpc) is 2.91. The number of amides is 1. The van der Waals surface area contributed by atoms with Crippen LogP contribution < -0.4 is 10.0 Å². The standard InChI is InChI=1S/C30H34N2O7S/c1-20(2)18-26(23-13-15-24(16-14-23)32-40(38,39)25-6-4-3-5-7-25)29(35)31-27(30(36)37)19-22-10-8-21(9-11-22)12-17-28(33)34/h3-11,13-16,20,26-27,32H,12,17-19H2,1-2H3,(H,31,35)(H,33,34)(H,36,37)/t26-,27?/m0/s1. The Labute approximate surface area is 234 Å². The van der Waals surface area contributed by atoms with Crippen molar-refractivity contribution in [3.8, 4) is 0 Å². The number of carbonyl (C=O) groups is 3. The number of rotatable bonds is 14. The first-order valence-electron chi connectivity index (χ1n) is 12.9. The molecule has 0 bridgehead atoms. The maximum absolute atomic E-state index is 13.3. The summed E-state index contributed by atoms with van der Waals surface area (Å²) in [4.78, 5) is 36.3. The van der Waals surface area contributed by atoms with Crippen molar-refractivity contribution in [3.63, 3.8) is 0 Å². The molecule has 0 spiro atoms. The van der Waals surface area contributed by atoms with E-state index in [0.717, 1.165) is 5.56 Å². The van der Waals surface area contributed by atoms with Gasteiger partial charge in [-0.3, -0.25) is 14.3 Å². The van der Waals surface area contributed by atoms with Crippen LogP contribution in [0.5, 0.6) is 0 Å². The van der Waals surface area contributed by atoms with E-state index in [1.807, 2.05) is 13.8 Å². The highest BCUT2D eigenvalue weighted by molar-refractivity contribution is 7.92. The summed E-state index contributed by atoms with van der Waals surface area (Å²) in [5, 5.41) is 21.3. The number of carboxylic acids is 2. The predicted molar refractivity (Wildman–Crippen MR) is 152 cm³/mol. The van der Waals surface area contributed by atoms with Gasteiger partial charge in [0.15, 0.2) is 0 Å². The fourth-order valence-electron chi connectivity index (χ4n) is 4.26. The van der Waals surface area contributed by atoms with Crippen molar-refractivity contribution in [1.82, 2.24) is 5.32 Å². The average molecular weight is 567 g/mol. The third kappa shape index (κ3) is 8.94. The van der Waals surface area contributed by atoms with Crippen molar-refractivity contribution in [2.45, 2.75) is 56.4 Å². The Balaban J connectivity index is 1.72. The van der Waals surface area contributed by atoms with Gasteiger partial charge < -0.3 is 15.5 Å². The van der Waals surface area contributed by atoms with Gasteiger partial charge in [-0.25, -0.2) is 13.2 Å². The van der Waals surface area contributed by atoms with Crippen molar-refractivity contribution < 1.29 is 33.0 Å². The highest BCUT2D eigenvalue weighted by atomic mass is 32.2. The Morgan fingerprint density at radius 1 is 0.825 bits per heavy atom. The van der Waals surface area contributed by atoms with Crippen LogP contribution in [0, 0.1) is 5.92 Å². The normalized spacial score (nSPS) is 12.9. The van der Waals surface area contributed by atoms with Gasteiger partial charge in [-0.2, -0.15) is 0 Å². The summed E-state index contributed by atoms with van der Waals surface area (Å²) in [6.07, 6.45) is 0.906. The molecule has 3 rings (SSSR count). The van der Waals surface area contributed by atoms with E-state index in [9.17, 15) is 27.9 Å². The summed E-state index contributed by atoms with van der Waals surface area (Å²) in [6.45, 7) is 3.92. The molecule has 0 aliphatic heterocycles. The number of aryl methyl sites for hydroxylation is 1. The Bertz CT molecular complexity index is 1400. The summed E-state index contributed by atoms with van der Waals surface area (Å²) < 4.78 is 27.8. The van der Waals surface area contributed by atoms with E-state index in [4.69, 9.17) is 5.11 Å². The zero-order valence-electron chi connectivity index (χ0n) is 22.4. The molecule has 1 amide bonds. The predicted octanol–water partition coefficient (Wildman–Crippen LogP) is 4.45. The lowest BCUT2D eigenvalue weighted by molar-refractivity contribution is -0.142. The molecule has 0 aliphatic rings. The molecule has 0 aromatic heterocycles. The summed E-state index contributed by atoms with van der Waals surface area (Å²) in [6, 6.07) is 20.3. The number of aliphatic carboxylic acids is 2. The molecule has 3 aromatic rings. The van der Waals surface area contributed by atoms with E-state index in [1.165, 1.54) is 12.1 Å². The quantitative estimate of drug-likeness (QED) is 0.225. The second kappa shape index (κ2) is 13.7. The Hall–Kier alpha value is -4.18. The fraction of sp³-hybridized carbons (Fsp3) is 0.300. The number of hydrogen-bond donors (Lipinski definition) is 4. The summed E-state index contributed by atoms with van der Waals surface area (Å²) in [7, 11) is -3.77. The maximum Gasteiger partial charge on any atom is 0.326 e. The van der Waals surface area contributed by atoms with Crippen molar-refractivity contribution in [3.05, 3.63) is 95.6 Å². The Kier molecular flexibility index (Phi) is 10.4. The molecule has 212 valence electrons. The molecule has 0 radical (unpaired) electrons. The molecule has 40 heavy (non-hydrogen) atoms. The van der Waals surface area contributed by atoms with Crippen molar-refractivity contribution >= 4 is 33.6 Å². The first kappa shape index (κ1) is 30.4.